The van der Waals surface area contributed by atoms with Crippen molar-refractivity contribution in [2.45, 2.75) is 43.5 Å². The third kappa shape index (κ3) is 4.51. The second kappa shape index (κ2) is 8.42. The fraction of sp³-hybridized carbons (Fsp3) is 0.350. The molecule has 0 bridgehead atoms. The third-order valence-electron chi connectivity index (χ3n) is 4.75. The summed E-state index contributed by atoms with van der Waals surface area (Å²) in [6.45, 7) is 1.88. The van der Waals surface area contributed by atoms with E-state index in [4.69, 9.17) is 11.6 Å². The maximum Gasteiger partial charge on any atom is 0.243 e. The highest BCUT2D eigenvalue weighted by molar-refractivity contribution is 7.89. The molecule has 1 amide bonds. The summed E-state index contributed by atoms with van der Waals surface area (Å²) in [5.41, 5.74) is 1.42. The van der Waals surface area contributed by atoms with Gasteiger partial charge < -0.3 is 5.32 Å². The van der Waals surface area contributed by atoms with Crippen molar-refractivity contribution >= 4 is 33.2 Å². The number of nitrogens with one attached hydrogen (secondary N) is 1. The van der Waals surface area contributed by atoms with Crippen molar-refractivity contribution in [3.05, 3.63) is 59.1 Å². The van der Waals surface area contributed by atoms with Gasteiger partial charge in [0.2, 0.25) is 15.9 Å². The van der Waals surface area contributed by atoms with E-state index in [0.717, 1.165) is 31.2 Å². The number of sulfonamides is 1. The number of amides is 1. The van der Waals surface area contributed by atoms with E-state index in [-0.39, 0.29) is 16.8 Å². The minimum atomic E-state index is -3.68. The molecule has 0 spiro atoms. The molecule has 0 aromatic heterocycles. The highest BCUT2D eigenvalue weighted by Gasteiger charge is 2.34. The van der Waals surface area contributed by atoms with Gasteiger partial charge in [-0.05, 0) is 48.7 Å². The van der Waals surface area contributed by atoms with Crippen molar-refractivity contribution in [1.29, 1.82) is 0 Å². The second-order valence-electron chi connectivity index (χ2n) is 6.71. The quantitative estimate of drug-likeness (QED) is 0.806. The molecule has 1 aliphatic rings. The van der Waals surface area contributed by atoms with Crippen LogP contribution in [0.5, 0.6) is 0 Å². The molecule has 1 heterocycles. The molecule has 1 unspecified atom stereocenters. The minimum absolute atomic E-state index is 0.197. The smallest absolute Gasteiger partial charge is 0.243 e. The molecular formula is C20H23ClN2O3S. The van der Waals surface area contributed by atoms with Gasteiger partial charge in [-0.1, -0.05) is 42.6 Å². The Morgan fingerprint density at radius 2 is 1.78 bits per heavy atom. The van der Waals surface area contributed by atoms with E-state index >= 15 is 0 Å². The zero-order chi connectivity index (χ0) is 19.4. The molecule has 1 fully saturated rings. The van der Waals surface area contributed by atoms with Gasteiger partial charge in [0.25, 0.3) is 0 Å². The van der Waals surface area contributed by atoms with Crippen molar-refractivity contribution in [2.24, 2.45) is 0 Å². The summed E-state index contributed by atoms with van der Waals surface area (Å²) < 4.78 is 28.3. The molecule has 1 atom stereocenters. The Labute approximate surface area is 165 Å². The fourth-order valence-corrected chi connectivity index (χ4v) is 5.41. The van der Waals surface area contributed by atoms with Gasteiger partial charge in [-0.15, -0.1) is 0 Å². The summed E-state index contributed by atoms with van der Waals surface area (Å²) in [6.07, 6.45) is 3.52. The molecule has 0 saturated carbocycles. The molecular weight excluding hydrogens is 384 g/mol. The van der Waals surface area contributed by atoms with Crippen LogP contribution in [0.25, 0.3) is 0 Å². The lowest BCUT2D eigenvalue weighted by molar-refractivity contribution is -0.114. The Kier molecular flexibility index (Phi) is 6.19. The summed E-state index contributed by atoms with van der Waals surface area (Å²) in [6, 6.07) is 13.5. The van der Waals surface area contributed by atoms with E-state index in [1.54, 1.807) is 22.5 Å². The van der Waals surface area contributed by atoms with E-state index in [9.17, 15) is 13.2 Å². The van der Waals surface area contributed by atoms with Crippen molar-refractivity contribution in [2.75, 3.05) is 11.9 Å². The zero-order valence-electron chi connectivity index (χ0n) is 15.2. The Bertz CT molecular complexity index is 913. The van der Waals surface area contributed by atoms with Crippen molar-refractivity contribution in [3.63, 3.8) is 0 Å². The summed E-state index contributed by atoms with van der Waals surface area (Å²) in [4.78, 5) is 11.4. The molecule has 2 aromatic carbocycles. The third-order valence-corrected chi connectivity index (χ3v) is 7.02. The predicted octanol–water partition coefficient (Wildman–Crippen LogP) is 4.60. The molecule has 7 heteroatoms. The second-order valence-corrected chi connectivity index (χ2v) is 9.01. The van der Waals surface area contributed by atoms with E-state index < -0.39 is 10.0 Å². The van der Waals surface area contributed by atoms with Crippen LogP contribution in [0.15, 0.2) is 53.4 Å². The maximum absolute atomic E-state index is 13.4. The predicted molar refractivity (Wildman–Crippen MR) is 107 cm³/mol. The van der Waals surface area contributed by atoms with Gasteiger partial charge in [0, 0.05) is 24.2 Å². The van der Waals surface area contributed by atoms with E-state index in [1.807, 2.05) is 18.2 Å². The van der Waals surface area contributed by atoms with Crippen molar-refractivity contribution < 1.29 is 13.2 Å². The number of nitrogens with zero attached hydrogens (tertiary/aromatic N) is 1. The minimum Gasteiger partial charge on any atom is -0.326 e. The van der Waals surface area contributed by atoms with Gasteiger partial charge in [0.1, 0.15) is 0 Å². The van der Waals surface area contributed by atoms with Gasteiger partial charge in [-0.2, -0.15) is 4.31 Å². The lowest BCUT2D eigenvalue weighted by atomic mass is 10.0. The van der Waals surface area contributed by atoms with Gasteiger partial charge in [0.15, 0.2) is 0 Å². The summed E-state index contributed by atoms with van der Waals surface area (Å²) in [5.74, 6) is -0.197. The van der Waals surface area contributed by atoms with Crippen LogP contribution in [0.3, 0.4) is 0 Å². The van der Waals surface area contributed by atoms with Crippen LogP contribution in [0.2, 0.25) is 5.02 Å². The molecule has 27 heavy (non-hydrogen) atoms. The van der Waals surface area contributed by atoms with E-state index in [0.29, 0.717) is 17.3 Å². The summed E-state index contributed by atoms with van der Waals surface area (Å²) in [5, 5.41) is 3.24. The average Bonchev–Trinajstić information content (AvgIpc) is 2.88. The largest absolute Gasteiger partial charge is 0.326 e. The molecule has 2 aromatic rings. The van der Waals surface area contributed by atoms with Crippen LogP contribution >= 0.6 is 11.6 Å². The molecule has 144 valence electrons. The number of carbonyl (C=O) groups excluding carboxylic acids is 1. The first-order valence-corrected chi connectivity index (χ1v) is 10.9. The van der Waals surface area contributed by atoms with Gasteiger partial charge in [-0.25, -0.2) is 8.42 Å². The number of anilines is 1. The molecule has 1 saturated heterocycles. The monoisotopic (exact) mass is 406 g/mol. The van der Waals surface area contributed by atoms with Crippen LogP contribution in [0.1, 0.15) is 44.2 Å². The fourth-order valence-electron chi connectivity index (χ4n) is 3.47. The molecule has 5 nitrogen and oxygen atoms in total. The SMILES string of the molecule is CC(=O)Nc1ccc(S(=O)(=O)N2CCCCCC2c2ccccc2Cl)cc1. The molecule has 1 N–H and O–H groups in total. The van der Waals surface area contributed by atoms with E-state index in [1.165, 1.54) is 19.1 Å². The number of rotatable bonds is 4. The van der Waals surface area contributed by atoms with Gasteiger partial charge >= 0.3 is 0 Å². The first-order valence-electron chi connectivity index (χ1n) is 9.03. The topological polar surface area (TPSA) is 66.5 Å². The molecule has 3 rings (SSSR count). The number of hydrogen-bond donors (Lipinski definition) is 1. The first-order chi connectivity index (χ1) is 12.9. The zero-order valence-corrected chi connectivity index (χ0v) is 16.8. The van der Waals surface area contributed by atoms with Gasteiger partial charge in [0.05, 0.1) is 10.9 Å². The highest BCUT2D eigenvalue weighted by Crippen LogP contribution is 2.37. The maximum atomic E-state index is 13.4. The number of benzene rings is 2. The van der Waals surface area contributed by atoms with Gasteiger partial charge in [-0.3, -0.25) is 4.79 Å². The molecule has 1 aliphatic heterocycles. The van der Waals surface area contributed by atoms with Crippen molar-refractivity contribution in [3.8, 4) is 0 Å². The average molecular weight is 407 g/mol. The first kappa shape index (κ1) is 19.9. The van der Waals surface area contributed by atoms with Crippen LogP contribution in [-0.2, 0) is 14.8 Å². The highest BCUT2D eigenvalue weighted by atomic mass is 35.5. The normalized spacial score (nSPS) is 18.7. The Morgan fingerprint density at radius 3 is 2.44 bits per heavy atom. The molecule has 0 aliphatic carbocycles. The number of halogens is 1. The Balaban J connectivity index is 1.96. The lowest BCUT2D eigenvalue weighted by Crippen LogP contribution is -2.35. The van der Waals surface area contributed by atoms with Crippen LogP contribution < -0.4 is 5.32 Å². The number of carbonyl (C=O) groups is 1. The van der Waals surface area contributed by atoms with E-state index in [2.05, 4.69) is 5.32 Å². The standard InChI is InChI=1S/C20H23ClN2O3S/c1-15(24)22-16-10-12-17(13-11-16)27(25,26)23-14-6-2-3-9-20(23)18-7-4-5-8-19(18)21/h4-5,7-8,10-13,20H,2-3,6,9,14H2,1H3,(H,22,24). The lowest BCUT2D eigenvalue weighted by Gasteiger charge is -2.30. The Morgan fingerprint density at radius 1 is 1.07 bits per heavy atom. The Hall–Kier alpha value is -1.89. The van der Waals surface area contributed by atoms with Crippen LogP contribution in [0, 0.1) is 0 Å². The van der Waals surface area contributed by atoms with Crippen LogP contribution in [0.4, 0.5) is 5.69 Å². The summed E-state index contributed by atoms with van der Waals surface area (Å²) in [7, 11) is -3.68. The number of hydrogen-bond acceptors (Lipinski definition) is 3. The van der Waals surface area contributed by atoms with Crippen molar-refractivity contribution in [1.82, 2.24) is 4.31 Å². The van der Waals surface area contributed by atoms with Crippen LogP contribution in [-0.4, -0.2) is 25.2 Å². The molecule has 0 radical (unpaired) electrons. The summed E-state index contributed by atoms with van der Waals surface area (Å²) >= 11 is 6.38.